The fourth-order valence-corrected chi connectivity index (χ4v) is 2.58. The van der Waals surface area contributed by atoms with Gasteiger partial charge in [0.15, 0.2) is 5.82 Å². The second kappa shape index (κ2) is 6.10. The minimum Gasteiger partial charge on any atom is -0.481 e. The van der Waals surface area contributed by atoms with Gasteiger partial charge >= 0.3 is 5.97 Å². The third kappa shape index (κ3) is 3.28. The largest absolute Gasteiger partial charge is 0.481 e. The van der Waals surface area contributed by atoms with Crippen molar-refractivity contribution in [3.05, 3.63) is 5.82 Å². The lowest BCUT2D eigenvalue weighted by atomic mass is 9.92. The van der Waals surface area contributed by atoms with Gasteiger partial charge in [-0.05, 0) is 43.2 Å². The third-order valence-electron chi connectivity index (χ3n) is 3.75. The molecule has 0 radical (unpaired) electrons. The quantitative estimate of drug-likeness (QED) is 0.848. The third-order valence-corrected chi connectivity index (χ3v) is 3.75. The second-order valence-corrected chi connectivity index (χ2v) is 5.20. The summed E-state index contributed by atoms with van der Waals surface area (Å²) >= 11 is 0. The molecule has 2 atom stereocenters. The van der Waals surface area contributed by atoms with Crippen LogP contribution in [0.1, 0.15) is 38.9 Å². The van der Waals surface area contributed by atoms with Crippen molar-refractivity contribution in [1.29, 1.82) is 0 Å². The van der Waals surface area contributed by atoms with E-state index in [0.29, 0.717) is 19.4 Å². The molecule has 1 saturated heterocycles. The van der Waals surface area contributed by atoms with Gasteiger partial charge in [0.2, 0.25) is 0 Å². The van der Waals surface area contributed by atoms with Gasteiger partial charge in [-0.3, -0.25) is 9.69 Å². The summed E-state index contributed by atoms with van der Waals surface area (Å²) in [4.78, 5) is 13.3. The van der Waals surface area contributed by atoms with Crippen molar-refractivity contribution in [2.75, 3.05) is 6.54 Å². The Labute approximate surface area is 112 Å². The summed E-state index contributed by atoms with van der Waals surface area (Å²) < 4.78 is 1.83. The topological polar surface area (TPSA) is 84.1 Å². The average molecular weight is 267 g/mol. The highest BCUT2D eigenvalue weighted by atomic mass is 16.4. The van der Waals surface area contributed by atoms with E-state index >= 15 is 0 Å². The molecular formula is C12H21N5O2. The fraction of sp³-hybridized carbons (Fsp3) is 0.833. The Kier molecular flexibility index (Phi) is 4.47. The first-order valence-electron chi connectivity index (χ1n) is 6.83. The smallest absolute Gasteiger partial charge is 0.306 e. The summed E-state index contributed by atoms with van der Waals surface area (Å²) in [6.07, 6.45) is 2.40. The lowest BCUT2D eigenvalue weighted by Gasteiger charge is -2.35. The zero-order valence-electron chi connectivity index (χ0n) is 11.5. The number of hydrogen-bond acceptors (Lipinski definition) is 5. The maximum absolute atomic E-state index is 11.0. The van der Waals surface area contributed by atoms with Crippen molar-refractivity contribution >= 4 is 5.97 Å². The molecule has 0 spiro atoms. The average Bonchev–Trinajstić information content (AvgIpc) is 2.79. The normalized spacial score (nSPS) is 24.5. The minimum atomic E-state index is -0.678. The van der Waals surface area contributed by atoms with Crippen LogP contribution in [-0.4, -0.2) is 48.8 Å². The monoisotopic (exact) mass is 267 g/mol. The highest BCUT2D eigenvalue weighted by molar-refractivity contribution is 5.70. The molecule has 106 valence electrons. The first kappa shape index (κ1) is 13.9. The van der Waals surface area contributed by atoms with Crippen LogP contribution in [-0.2, 0) is 17.9 Å². The number of nitrogens with zero attached hydrogens (tertiary/aromatic N) is 5. The van der Waals surface area contributed by atoms with Crippen molar-refractivity contribution in [2.45, 2.75) is 52.2 Å². The highest BCUT2D eigenvalue weighted by Gasteiger charge is 2.30. The Bertz CT molecular complexity index is 434. The molecule has 0 aliphatic carbocycles. The van der Waals surface area contributed by atoms with Crippen LogP contribution in [0.3, 0.4) is 0 Å². The van der Waals surface area contributed by atoms with E-state index in [-0.39, 0.29) is 12.0 Å². The van der Waals surface area contributed by atoms with Crippen molar-refractivity contribution in [2.24, 2.45) is 5.92 Å². The van der Waals surface area contributed by atoms with E-state index in [1.807, 2.05) is 4.68 Å². The molecule has 0 saturated carbocycles. The minimum absolute atomic E-state index is 0.210. The van der Waals surface area contributed by atoms with Crippen molar-refractivity contribution < 1.29 is 9.90 Å². The Balaban J connectivity index is 1.96. The van der Waals surface area contributed by atoms with Gasteiger partial charge in [0, 0.05) is 12.6 Å². The molecule has 19 heavy (non-hydrogen) atoms. The molecule has 1 fully saturated rings. The van der Waals surface area contributed by atoms with Gasteiger partial charge in [-0.2, -0.15) is 0 Å². The molecule has 0 aromatic carbocycles. The number of carboxylic acid groups (broad SMARTS) is 1. The molecule has 2 heterocycles. The van der Waals surface area contributed by atoms with Gasteiger partial charge in [0.25, 0.3) is 0 Å². The van der Waals surface area contributed by atoms with Gasteiger partial charge in [0.1, 0.15) is 0 Å². The maximum Gasteiger partial charge on any atom is 0.306 e. The number of aliphatic carboxylic acids is 1. The number of hydrogen-bond donors (Lipinski definition) is 1. The fourth-order valence-electron chi connectivity index (χ4n) is 2.58. The summed E-state index contributed by atoms with van der Waals surface area (Å²) in [5.74, 6) is -0.0253. The maximum atomic E-state index is 11.0. The van der Waals surface area contributed by atoms with Crippen LogP contribution in [0.4, 0.5) is 0 Å². The van der Waals surface area contributed by atoms with E-state index in [1.54, 1.807) is 0 Å². The van der Waals surface area contributed by atoms with Crippen LogP contribution in [0.2, 0.25) is 0 Å². The number of rotatable bonds is 5. The van der Waals surface area contributed by atoms with E-state index in [9.17, 15) is 4.79 Å². The molecule has 1 aromatic heterocycles. The van der Waals surface area contributed by atoms with Crippen molar-refractivity contribution in [3.63, 3.8) is 0 Å². The highest BCUT2D eigenvalue weighted by Crippen LogP contribution is 2.24. The first-order chi connectivity index (χ1) is 9.11. The van der Waals surface area contributed by atoms with Gasteiger partial charge in [0.05, 0.1) is 12.5 Å². The summed E-state index contributed by atoms with van der Waals surface area (Å²) in [5.41, 5.74) is 0. The van der Waals surface area contributed by atoms with Crippen LogP contribution in [0.5, 0.6) is 0 Å². The van der Waals surface area contributed by atoms with E-state index in [0.717, 1.165) is 25.3 Å². The first-order valence-corrected chi connectivity index (χ1v) is 6.83. The standard InChI is InChI=1S/C12H21N5O2/c1-3-5-17-11(13-14-15-17)8-16-6-4-10(12(18)19)7-9(16)2/h9-10H,3-8H2,1-2H3,(H,18,19). The second-order valence-electron chi connectivity index (χ2n) is 5.20. The van der Waals surface area contributed by atoms with E-state index in [2.05, 4.69) is 34.3 Å². The molecule has 2 unspecified atom stereocenters. The lowest BCUT2D eigenvalue weighted by molar-refractivity contribution is -0.144. The number of likely N-dealkylation sites (tertiary alicyclic amines) is 1. The van der Waals surface area contributed by atoms with Crippen LogP contribution >= 0.6 is 0 Å². The van der Waals surface area contributed by atoms with Crippen LogP contribution in [0.15, 0.2) is 0 Å². The molecule has 7 nitrogen and oxygen atoms in total. The van der Waals surface area contributed by atoms with Crippen molar-refractivity contribution in [3.8, 4) is 0 Å². The number of tetrazole rings is 1. The Morgan fingerprint density at radius 1 is 1.53 bits per heavy atom. The number of carbonyl (C=O) groups is 1. The van der Waals surface area contributed by atoms with Gasteiger partial charge in [-0.15, -0.1) is 5.10 Å². The molecular weight excluding hydrogens is 246 g/mol. The Hall–Kier alpha value is -1.50. The molecule has 1 aliphatic heterocycles. The van der Waals surface area contributed by atoms with E-state index in [4.69, 9.17) is 5.11 Å². The summed E-state index contributed by atoms with van der Waals surface area (Å²) in [6, 6.07) is 0.252. The molecule has 2 rings (SSSR count). The summed E-state index contributed by atoms with van der Waals surface area (Å²) in [6.45, 7) is 6.47. The molecule has 1 aromatic rings. The molecule has 1 N–H and O–H groups in total. The molecule has 0 bridgehead atoms. The predicted molar refractivity (Wildman–Crippen MR) is 68.3 cm³/mol. The Morgan fingerprint density at radius 2 is 2.32 bits per heavy atom. The zero-order valence-corrected chi connectivity index (χ0v) is 11.5. The van der Waals surface area contributed by atoms with E-state index in [1.165, 1.54) is 0 Å². The number of aromatic nitrogens is 4. The zero-order chi connectivity index (χ0) is 13.8. The van der Waals surface area contributed by atoms with Crippen LogP contribution in [0, 0.1) is 5.92 Å². The number of carboxylic acids is 1. The van der Waals surface area contributed by atoms with Crippen LogP contribution in [0.25, 0.3) is 0 Å². The van der Waals surface area contributed by atoms with Gasteiger partial charge in [-0.1, -0.05) is 6.92 Å². The number of piperidine rings is 1. The summed E-state index contributed by atoms with van der Waals surface area (Å²) in [7, 11) is 0. The van der Waals surface area contributed by atoms with Gasteiger partial charge < -0.3 is 5.11 Å². The summed E-state index contributed by atoms with van der Waals surface area (Å²) in [5, 5.41) is 20.8. The Morgan fingerprint density at radius 3 is 2.95 bits per heavy atom. The lowest BCUT2D eigenvalue weighted by Crippen LogP contribution is -2.42. The van der Waals surface area contributed by atoms with Crippen LogP contribution < -0.4 is 0 Å². The van der Waals surface area contributed by atoms with Gasteiger partial charge in [-0.25, -0.2) is 4.68 Å². The molecule has 1 aliphatic rings. The molecule has 0 amide bonds. The SMILES string of the molecule is CCCn1nnnc1CN1CCC(C(=O)O)CC1C. The number of aryl methyl sites for hydroxylation is 1. The van der Waals surface area contributed by atoms with E-state index < -0.39 is 5.97 Å². The van der Waals surface area contributed by atoms with Crippen molar-refractivity contribution in [1.82, 2.24) is 25.1 Å². The molecule has 7 heteroatoms. The predicted octanol–water partition coefficient (Wildman–Crippen LogP) is 0.768.